The standard InChI is InChI=1S/C18H20N4O2/c1-12-15(16(19)23)10-20-17(21-12)14-8-5-9-22(11-14)18(24)13-6-3-2-4-7-13/h2-4,6-7,10,14H,5,8-9,11H2,1H3,(H2,19,23). The largest absolute Gasteiger partial charge is 0.365 e. The highest BCUT2D eigenvalue weighted by Crippen LogP contribution is 2.26. The van der Waals surface area contributed by atoms with E-state index in [-0.39, 0.29) is 11.8 Å². The van der Waals surface area contributed by atoms with Crippen molar-refractivity contribution in [3.63, 3.8) is 0 Å². The lowest BCUT2D eigenvalue weighted by Gasteiger charge is -2.32. The molecule has 1 aromatic heterocycles. The van der Waals surface area contributed by atoms with E-state index < -0.39 is 5.91 Å². The van der Waals surface area contributed by atoms with Gasteiger partial charge in [0.25, 0.3) is 11.8 Å². The summed E-state index contributed by atoms with van der Waals surface area (Å²) >= 11 is 0. The smallest absolute Gasteiger partial charge is 0.253 e. The lowest BCUT2D eigenvalue weighted by atomic mass is 9.96. The number of aromatic nitrogens is 2. The molecule has 0 aliphatic carbocycles. The van der Waals surface area contributed by atoms with Gasteiger partial charge in [-0.25, -0.2) is 9.97 Å². The van der Waals surface area contributed by atoms with Crippen molar-refractivity contribution < 1.29 is 9.59 Å². The Morgan fingerprint density at radius 1 is 1.25 bits per heavy atom. The second-order valence-corrected chi connectivity index (χ2v) is 6.05. The molecule has 2 aromatic rings. The Balaban J connectivity index is 1.77. The van der Waals surface area contributed by atoms with Gasteiger partial charge in [-0.1, -0.05) is 18.2 Å². The van der Waals surface area contributed by atoms with Crippen LogP contribution in [0, 0.1) is 6.92 Å². The van der Waals surface area contributed by atoms with Crippen LogP contribution in [0.4, 0.5) is 0 Å². The summed E-state index contributed by atoms with van der Waals surface area (Å²) in [4.78, 5) is 34.5. The number of nitrogens with zero attached hydrogens (tertiary/aromatic N) is 3. The van der Waals surface area contributed by atoms with E-state index in [1.54, 1.807) is 6.92 Å². The molecule has 6 heteroatoms. The third-order valence-corrected chi connectivity index (χ3v) is 4.36. The molecular weight excluding hydrogens is 304 g/mol. The number of rotatable bonds is 3. The molecule has 0 bridgehead atoms. The van der Waals surface area contributed by atoms with E-state index >= 15 is 0 Å². The first kappa shape index (κ1) is 16.1. The molecule has 1 fully saturated rings. The van der Waals surface area contributed by atoms with Crippen molar-refractivity contribution in [2.24, 2.45) is 5.73 Å². The fourth-order valence-corrected chi connectivity index (χ4v) is 3.06. The predicted molar refractivity (Wildman–Crippen MR) is 89.6 cm³/mol. The van der Waals surface area contributed by atoms with Crippen LogP contribution < -0.4 is 5.73 Å². The van der Waals surface area contributed by atoms with Gasteiger partial charge in [0.05, 0.1) is 11.3 Å². The van der Waals surface area contributed by atoms with Crippen LogP contribution in [0.1, 0.15) is 51.0 Å². The zero-order chi connectivity index (χ0) is 17.1. The molecule has 1 unspecified atom stereocenters. The van der Waals surface area contributed by atoms with E-state index in [9.17, 15) is 9.59 Å². The van der Waals surface area contributed by atoms with Crippen LogP contribution in [-0.2, 0) is 0 Å². The Hall–Kier alpha value is -2.76. The van der Waals surface area contributed by atoms with E-state index in [1.165, 1.54) is 6.20 Å². The van der Waals surface area contributed by atoms with Gasteiger partial charge in [0.2, 0.25) is 0 Å². The molecule has 6 nitrogen and oxygen atoms in total. The highest BCUT2D eigenvalue weighted by molar-refractivity contribution is 5.94. The van der Waals surface area contributed by atoms with E-state index in [4.69, 9.17) is 5.73 Å². The lowest BCUT2D eigenvalue weighted by molar-refractivity contribution is 0.0704. The third kappa shape index (κ3) is 3.27. The first-order chi connectivity index (χ1) is 11.6. The number of primary amides is 1. The first-order valence-electron chi connectivity index (χ1n) is 8.04. The lowest BCUT2D eigenvalue weighted by Crippen LogP contribution is -2.39. The number of amides is 2. The van der Waals surface area contributed by atoms with Crippen LogP contribution in [0.3, 0.4) is 0 Å². The van der Waals surface area contributed by atoms with Crippen molar-refractivity contribution in [1.82, 2.24) is 14.9 Å². The number of likely N-dealkylation sites (tertiary alicyclic amines) is 1. The third-order valence-electron chi connectivity index (χ3n) is 4.36. The molecule has 1 aliphatic heterocycles. The van der Waals surface area contributed by atoms with Crippen molar-refractivity contribution in [3.05, 3.63) is 59.2 Å². The minimum atomic E-state index is -0.524. The number of carbonyl (C=O) groups excluding carboxylic acids is 2. The van der Waals surface area contributed by atoms with Crippen LogP contribution in [0.5, 0.6) is 0 Å². The van der Waals surface area contributed by atoms with Crippen LogP contribution >= 0.6 is 0 Å². The fraction of sp³-hybridized carbons (Fsp3) is 0.333. The average Bonchev–Trinajstić information content (AvgIpc) is 2.61. The van der Waals surface area contributed by atoms with E-state index in [0.29, 0.717) is 29.2 Å². The second kappa shape index (κ2) is 6.78. The number of benzene rings is 1. The highest BCUT2D eigenvalue weighted by atomic mass is 16.2. The van der Waals surface area contributed by atoms with Crippen molar-refractivity contribution >= 4 is 11.8 Å². The predicted octanol–water partition coefficient (Wildman–Crippen LogP) is 1.90. The molecule has 2 N–H and O–H groups in total. The van der Waals surface area contributed by atoms with E-state index in [1.807, 2.05) is 35.2 Å². The Morgan fingerprint density at radius 2 is 2.00 bits per heavy atom. The molecule has 3 rings (SSSR count). The van der Waals surface area contributed by atoms with Gasteiger partial charge < -0.3 is 10.6 Å². The van der Waals surface area contributed by atoms with Gasteiger partial charge in [-0.15, -0.1) is 0 Å². The van der Waals surface area contributed by atoms with Gasteiger partial charge >= 0.3 is 0 Å². The van der Waals surface area contributed by atoms with Gasteiger partial charge in [-0.3, -0.25) is 9.59 Å². The molecule has 2 heterocycles. The first-order valence-corrected chi connectivity index (χ1v) is 8.04. The Kier molecular flexibility index (Phi) is 4.55. The summed E-state index contributed by atoms with van der Waals surface area (Å²) in [6.07, 6.45) is 3.31. The molecule has 1 saturated heterocycles. The number of aryl methyl sites for hydroxylation is 1. The summed E-state index contributed by atoms with van der Waals surface area (Å²) in [5, 5.41) is 0. The maximum Gasteiger partial charge on any atom is 0.253 e. The quantitative estimate of drug-likeness (QED) is 0.934. The number of piperidine rings is 1. The Labute approximate surface area is 140 Å². The topological polar surface area (TPSA) is 89.2 Å². The van der Waals surface area contributed by atoms with Gasteiger partial charge in [-0.2, -0.15) is 0 Å². The van der Waals surface area contributed by atoms with Gasteiger partial charge in [0.1, 0.15) is 5.82 Å². The Bertz CT molecular complexity index is 761. The molecule has 2 amide bonds. The Morgan fingerprint density at radius 3 is 2.67 bits per heavy atom. The normalized spacial score (nSPS) is 17.5. The maximum absolute atomic E-state index is 12.6. The number of hydrogen-bond donors (Lipinski definition) is 1. The van der Waals surface area contributed by atoms with Gasteiger partial charge in [0.15, 0.2) is 0 Å². The summed E-state index contributed by atoms with van der Waals surface area (Å²) in [5.74, 6) is 0.254. The van der Waals surface area contributed by atoms with Crippen LogP contribution in [0.25, 0.3) is 0 Å². The molecule has 1 aromatic carbocycles. The molecule has 0 spiro atoms. The van der Waals surface area contributed by atoms with Gasteiger partial charge in [-0.05, 0) is 31.9 Å². The monoisotopic (exact) mass is 324 g/mol. The minimum Gasteiger partial charge on any atom is -0.365 e. The maximum atomic E-state index is 12.6. The second-order valence-electron chi connectivity index (χ2n) is 6.05. The van der Waals surface area contributed by atoms with Crippen LogP contribution in [0.2, 0.25) is 0 Å². The van der Waals surface area contributed by atoms with Crippen molar-refractivity contribution in [3.8, 4) is 0 Å². The minimum absolute atomic E-state index is 0.0331. The SMILES string of the molecule is Cc1nc(C2CCCN(C(=O)c3ccccc3)C2)ncc1C(N)=O. The zero-order valence-electron chi connectivity index (χ0n) is 13.6. The van der Waals surface area contributed by atoms with Crippen LogP contribution in [0.15, 0.2) is 36.5 Å². The van der Waals surface area contributed by atoms with Crippen molar-refractivity contribution in [2.75, 3.05) is 13.1 Å². The van der Waals surface area contributed by atoms with E-state index in [0.717, 1.165) is 19.4 Å². The average molecular weight is 324 g/mol. The zero-order valence-corrected chi connectivity index (χ0v) is 13.6. The molecule has 1 atom stereocenters. The van der Waals surface area contributed by atoms with Crippen molar-refractivity contribution in [1.29, 1.82) is 0 Å². The van der Waals surface area contributed by atoms with Gasteiger partial charge in [0, 0.05) is 30.8 Å². The number of nitrogens with two attached hydrogens (primary N) is 1. The number of carbonyl (C=O) groups is 2. The summed E-state index contributed by atoms with van der Waals surface area (Å²) in [7, 11) is 0. The summed E-state index contributed by atoms with van der Waals surface area (Å²) in [6, 6.07) is 9.28. The molecule has 124 valence electrons. The van der Waals surface area contributed by atoms with Crippen molar-refractivity contribution in [2.45, 2.75) is 25.7 Å². The molecule has 24 heavy (non-hydrogen) atoms. The summed E-state index contributed by atoms with van der Waals surface area (Å²) < 4.78 is 0. The molecule has 1 aliphatic rings. The van der Waals surface area contributed by atoms with Crippen LogP contribution in [-0.4, -0.2) is 39.8 Å². The van der Waals surface area contributed by atoms with E-state index in [2.05, 4.69) is 9.97 Å². The molecule has 0 radical (unpaired) electrons. The fourth-order valence-electron chi connectivity index (χ4n) is 3.06. The highest BCUT2D eigenvalue weighted by Gasteiger charge is 2.27. The summed E-state index contributed by atoms with van der Waals surface area (Å²) in [6.45, 7) is 3.08. The molecular formula is C18H20N4O2. The number of hydrogen-bond acceptors (Lipinski definition) is 4. The molecule has 0 saturated carbocycles. The summed E-state index contributed by atoms with van der Waals surface area (Å²) in [5.41, 5.74) is 6.91.